The van der Waals surface area contributed by atoms with Crippen molar-refractivity contribution in [1.29, 1.82) is 0 Å². The van der Waals surface area contributed by atoms with Crippen molar-refractivity contribution in [2.75, 3.05) is 13.7 Å². The molecule has 0 saturated carbocycles. The Hall–Kier alpha value is -0.580. The second-order valence-electron chi connectivity index (χ2n) is 4.06. The molecule has 0 amide bonds. The van der Waals surface area contributed by atoms with E-state index in [9.17, 15) is 0 Å². The largest absolute Gasteiger partial charge is 0.497 e. The molecule has 0 N–H and O–H groups in total. The SMILES string of the molecule is COc1ccc(Br)c(CO[C@@H]2CCCCO2)c1. The number of hydrogen-bond acceptors (Lipinski definition) is 3. The van der Waals surface area contributed by atoms with Crippen LogP contribution < -0.4 is 4.74 Å². The van der Waals surface area contributed by atoms with E-state index in [-0.39, 0.29) is 6.29 Å². The molecule has 17 heavy (non-hydrogen) atoms. The summed E-state index contributed by atoms with van der Waals surface area (Å²) in [7, 11) is 1.66. The van der Waals surface area contributed by atoms with Crippen molar-refractivity contribution in [3.63, 3.8) is 0 Å². The highest BCUT2D eigenvalue weighted by molar-refractivity contribution is 9.10. The molecule has 0 aromatic heterocycles. The Labute approximate surface area is 110 Å². The standard InChI is InChI=1S/C13H17BrO3/c1-15-11-5-6-12(14)10(8-11)9-17-13-4-2-3-7-16-13/h5-6,8,13H,2-4,7,9H2,1H3/t13-/m1/s1. The van der Waals surface area contributed by atoms with Gasteiger partial charge in [0.25, 0.3) is 0 Å². The fraction of sp³-hybridized carbons (Fsp3) is 0.538. The molecule has 0 aliphatic carbocycles. The van der Waals surface area contributed by atoms with E-state index in [1.165, 1.54) is 6.42 Å². The van der Waals surface area contributed by atoms with Crippen LogP contribution in [0.5, 0.6) is 5.75 Å². The van der Waals surface area contributed by atoms with Crippen LogP contribution in [-0.4, -0.2) is 20.0 Å². The minimum atomic E-state index is -0.0538. The molecule has 0 radical (unpaired) electrons. The Kier molecular flexibility index (Phi) is 4.83. The molecule has 1 aliphatic heterocycles. The molecule has 3 nitrogen and oxygen atoms in total. The Morgan fingerprint density at radius 2 is 2.29 bits per heavy atom. The average Bonchev–Trinajstić information content (AvgIpc) is 2.39. The van der Waals surface area contributed by atoms with E-state index in [4.69, 9.17) is 14.2 Å². The first-order chi connectivity index (χ1) is 8.29. The maximum atomic E-state index is 5.74. The second-order valence-corrected chi connectivity index (χ2v) is 4.92. The quantitative estimate of drug-likeness (QED) is 0.852. The molecule has 0 unspecified atom stereocenters. The molecular formula is C13H17BrO3. The predicted octanol–water partition coefficient (Wildman–Crippen LogP) is 3.50. The van der Waals surface area contributed by atoms with E-state index in [1.807, 2.05) is 18.2 Å². The lowest BCUT2D eigenvalue weighted by atomic mass is 10.2. The van der Waals surface area contributed by atoms with Crippen molar-refractivity contribution in [1.82, 2.24) is 0 Å². The van der Waals surface area contributed by atoms with Gasteiger partial charge in [0.05, 0.1) is 13.7 Å². The fourth-order valence-electron chi connectivity index (χ4n) is 1.81. The maximum absolute atomic E-state index is 5.74. The van der Waals surface area contributed by atoms with Crippen LogP contribution in [-0.2, 0) is 16.1 Å². The monoisotopic (exact) mass is 300 g/mol. The molecule has 0 bridgehead atoms. The fourth-order valence-corrected chi connectivity index (χ4v) is 2.18. The van der Waals surface area contributed by atoms with E-state index in [2.05, 4.69) is 15.9 Å². The van der Waals surface area contributed by atoms with Crippen molar-refractivity contribution in [3.05, 3.63) is 28.2 Å². The Bertz CT molecular complexity index is 362. The molecule has 1 aromatic carbocycles. The summed E-state index contributed by atoms with van der Waals surface area (Å²) < 4.78 is 17.5. The Morgan fingerprint density at radius 1 is 1.41 bits per heavy atom. The topological polar surface area (TPSA) is 27.7 Å². The smallest absolute Gasteiger partial charge is 0.158 e. The zero-order valence-corrected chi connectivity index (χ0v) is 11.5. The maximum Gasteiger partial charge on any atom is 0.158 e. The van der Waals surface area contributed by atoms with Gasteiger partial charge >= 0.3 is 0 Å². The van der Waals surface area contributed by atoms with Crippen molar-refractivity contribution < 1.29 is 14.2 Å². The Balaban J connectivity index is 1.92. The third-order valence-electron chi connectivity index (χ3n) is 2.82. The van der Waals surface area contributed by atoms with Crippen LogP contribution in [0.3, 0.4) is 0 Å². The van der Waals surface area contributed by atoms with Crippen LogP contribution in [0.4, 0.5) is 0 Å². The van der Waals surface area contributed by atoms with Crippen LogP contribution in [0.25, 0.3) is 0 Å². The van der Waals surface area contributed by atoms with Gasteiger partial charge in [-0.05, 0) is 43.0 Å². The summed E-state index contributed by atoms with van der Waals surface area (Å²) in [5.74, 6) is 0.844. The number of hydrogen-bond donors (Lipinski definition) is 0. The minimum absolute atomic E-state index is 0.0538. The van der Waals surface area contributed by atoms with Crippen molar-refractivity contribution in [2.24, 2.45) is 0 Å². The Morgan fingerprint density at radius 3 is 3.00 bits per heavy atom. The van der Waals surface area contributed by atoms with Gasteiger partial charge in [0.1, 0.15) is 5.75 Å². The molecule has 1 fully saturated rings. The second kappa shape index (κ2) is 6.38. The highest BCUT2D eigenvalue weighted by atomic mass is 79.9. The van der Waals surface area contributed by atoms with Gasteiger partial charge in [0, 0.05) is 11.1 Å². The number of rotatable bonds is 4. The van der Waals surface area contributed by atoms with Gasteiger partial charge in [0.2, 0.25) is 0 Å². The zero-order chi connectivity index (χ0) is 12.1. The van der Waals surface area contributed by atoms with Gasteiger partial charge in [-0.3, -0.25) is 0 Å². The van der Waals surface area contributed by atoms with Crippen LogP contribution in [0.2, 0.25) is 0 Å². The first-order valence-electron chi connectivity index (χ1n) is 5.85. The summed E-state index contributed by atoms with van der Waals surface area (Å²) in [6.45, 7) is 1.35. The lowest BCUT2D eigenvalue weighted by Gasteiger charge is -2.23. The number of halogens is 1. The van der Waals surface area contributed by atoms with Crippen LogP contribution >= 0.6 is 15.9 Å². The van der Waals surface area contributed by atoms with E-state index in [0.717, 1.165) is 35.2 Å². The molecule has 0 spiro atoms. The summed E-state index contributed by atoms with van der Waals surface area (Å²) in [5.41, 5.74) is 1.08. The summed E-state index contributed by atoms with van der Waals surface area (Å²) in [6, 6.07) is 5.87. The third kappa shape index (κ3) is 3.69. The summed E-state index contributed by atoms with van der Waals surface area (Å²) in [6.07, 6.45) is 3.26. The van der Waals surface area contributed by atoms with Gasteiger partial charge in [-0.25, -0.2) is 0 Å². The number of ether oxygens (including phenoxy) is 3. The molecule has 1 saturated heterocycles. The van der Waals surface area contributed by atoms with Gasteiger partial charge < -0.3 is 14.2 Å². The van der Waals surface area contributed by atoms with E-state index in [1.54, 1.807) is 7.11 Å². The van der Waals surface area contributed by atoms with E-state index < -0.39 is 0 Å². The first-order valence-corrected chi connectivity index (χ1v) is 6.64. The first kappa shape index (κ1) is 12.9. The summed E-state index contributed by atoms with van der Waals surface area (Å²) in [4.78, 5) is 0. The highest BCUT2D eigenvalue weighted by Crippen LogP contribution is 2.24. The molecule has 1 aliphatic rings. The lowest BCUT2D eigenvalue weighted by molar-refractivity contribution is -0.169. The average molecular weight is 301 g/mol. The molecule has 2 rings (SSSR count). The van der Waals surface area contributed by atoms with E-state index >= 15 is 0 Å². The molecule has 4 heteroatoms. The molecule has 1 atom stereocenters. The molecular weight excluding hydrogens is 284 g/mol. The van der Waals surface area contributed by atoms with Gasteiger partial charge in [-0.1, -0.05) is 15.9 Å². The van der Waals surface area contributed by atoms with E-state index in [0.29, 0.717) is 6.61 Å². The van der Waals surface area contributed by atoms with Crippen molar-refractivity contribution in [2.45, 2.75) is 32.2 Å². The highest BCUT2D eigenvalue weighted by Gasteiger charge is 2.14. The molecule has 94 valence electrons. The van der Waals surface area contributed by atoms with Gasteiger partial charge in [-0.15, -0.1) is 0 Å². The minimum Gasteiger partial charge on any atom is -0.497 e. The number of benzene rings is 1. The lowest BCUT2D eigenvalue weighted by Crippen LogP contribution is -2.22. The predicted molar refractivity (Wildman–Crippen MR) is 69.1 cm³/mol. The molecule has 1 heterocycles. The summed E-state index contributed by atoms with van der Waals surface area (Å²) in [5, 5.41) is 0. The normalized spacial score (nSPS) is 20.2. The van der Waals surface area contributed by atoms with Crippen LogP contribution in [0.1, 0.15) is 24.8 Å². The summed E-state index contributed by atoms with van der Waals surface area (Å²) >= 11 is 3.51. The van der Waals surface area contributed by atoms with Gasteiger partial charge in [-0.2, -0.15) is 0 Å². The van der Waals surface area contributed by atoms with Crippen LogP contribution in [0.15, 0.2) is 22.7 Å². The van der Waals surface area contributed by atoms with Gasteiger partial charge in [0.15, 0.2) is 6.29 Å². The van der Waals surface area contributed by atoms with Crippen molar-refractivity contribution in [3.8, 4) is 5.75 Å². The zero-order valence-electron chi connectivity index (χ0n) is 9.95. The number of methoxy groups -OCH3 is 1. The van der Waals surface area contributed by atoms with Crippen molar-refractivity contribution >= 4 is 15.9 Å². The third-order valence-corrected chi connectivity index (χ3v) is 3.59. The molecule has 1 aromatic rings. The van der Waals surface area contributed by atoms with Crippen LogP contribution in [0, 0.1) is 0 Å².